The highest BCUT2D eigenvalue weighted by atomic mass is 16.5. The number of piperidine rings is 1. The van der Waals surface area contributed by atoms with Gasteiger partial charge in [0.2, 0.25) is 0 Å². The zero-order valence-electron chi connectivity index (χ0n) is 14.6. The first-order valence-corrected chi connectivity index (χ1v) is 9.19. The molecule has 1 aliphatic heterocycles. The number of carbonyl (C=O) groups is 1. The summed E-state index contributed by atoms with van der Waals surface area (Å²) in [6.45, 7) is 10.5. The highest BCUT2D eigenvalue weighted by Gasteiger charge is 2.30. The first-order chi connectivity index (χ1) is 10.6. The van der Waals surface area contributed by atoms with Gasteiger partial charge in [-0.1, -0.05) is 26.7 Å². The van der Waals surface area contributed by atoms with Crippen LogP contribution in [0.2, 0.25) is 0 Å². The second kappa shape index (κ2) is 8.88. The lowest BCUT2D eigenvalue weighted by Gasteiger charge is -2.39. The van der Waals surface area contributed by atoms with Crippen molar-refractivity contribution in [2.45, 2.75) is 58.9 Å². The largest absolute Gasteiger partial charge is 0.465 e. The van der Waals surface area contributed by atoms with E-state index in [1.165, 1.54) is 32.1 Å². The predicted molar refractivity (Wildman–Crippen MR) is 89.8 cm³/mol. The van der Waals surface area contributed by atoms with E-state index in [0.717, 1.165) is 25.6 Å². The Balaban J connectivity index is 1.83. The lowest BCUT2D eigenvalue weighted by molar-refractivity contribution is -0.145. The summed E-state index contributed by atoms with van der Waals surface area (Å²) in [6.07, 6.45) is 6.82. The summed E-state index contributed by atoms with van der Waals surface area (Å²) in [7, 11) is 0. The molecule has 0 aromatic heterocycles. The van der Waals surface area contributed by atoms with Crippen LogP contribution < -0.4 is 5.32 Å². The molecule has 0 aromatic carbocycles. The number of carbonyl (C=O) groups excluding carboxylic acids is 1. The molecular formula is C18H34N2O2. The van der Waals surface area contributed by atoms with Gasteiger partial charge in [-0.05, 0) is 50.5 Å². The van der Waals surface area contributed by atoms with E-state index in [0.29, 0.717) is 31.0 Å². The minimum atomic E-state index is -0.0820. The van der Waals surface area contributed by atoms with Gasteiger partial charge < -0.3 is 10.1 Å². The van der Waals surface area contributed by atoms with E-state index < -0.39 is 0 Å². The highest BCUT2D eigenvalue weighted by molar-refractivity contribution is 5.71. The van der Waals surface area contributed by atoms with Crippen molar-refractivity contribution in [1.29, 1.82) is 0 Å². The van der Waals surface area contributed by atoms with Gasteiger partial charge in [0, 0.05) is 19.1 Å². The first-order valence-electron chi connectivity index (χ1n) is 9.19. The summed E-state index contributed by atoms with van der Waals surface area (Å²) in [6, 6.07) is 0.524. The van der Waals surface area contributed by atoms with Gasteiger partial charge in [-0.2, -0.15) is 0 Å². The third-order valence-corrected chi connectivity index (χ3v) is 5.33. The number of hydrogen-bond acceptors (Lipinski definition) is 4. The second-order valence-electron chi connectivity index (χ2n) is 7.49. The van der Waals surface area contributed by atoms with E-state index in [2.05, 4.69) is 24.1 Å². The van der Waals surface area contributed by atoms with Crippen molar-refractivity contribution in [2.75, 3.05) is 32.8 Å². The van der Waals surface area contributed by atoms with Gasteiger partial charge in [0.05, 0.1) is 13.2 Å². The maximum absolute atomic E-state index is 11.8. The summed E-state index contributed by atoms with van der Waals surface area (Å²) >= 11 is 0. The van der Waals surface area contributed by atoms with Crippen molar-refractivity contribution in [3.63, 3.8) is 0 Å². The van der Waals surface area contributed by atoms with Crippen LogP contribution in [0.4, 0.5) is 0 Å². The van der Waals surface area contributed by atoms with E-state index in [4.69, 9.17) is 4.74 Å². The molecule has 1 N–H and O–H groups in total. The van der Waals surface area contributed by atoms with Crippen LogP contribution in [0.5, 0.6) is 0 Å². The molecule has 1 saturated carbocycles. The van der Waals surface area contributed by atoms with Gasteiger partial charge in [-0.15, -0.1) is 0 Å². The maximum Gasteiger partial charge on any atom is 0.320 e. The minimum Gasteiger partial charge on any atom is -0.465 e. The van der Waals surface area contributed by atoms with E-state index >= 15 is 0 Å². The van der Waals surface area contributed by atoms with Crippen molar-refractivity contribution in [2.24, 2.45) is 17.8 Å². The van der Waals surface area contributed by atoms with Gasteiger partial charge in [0.1, 0.15) is 0 Å². The Bertz CT molecular complexity index is 340. The van der Waals surface area contributed by atoms with Crippen LogP contribution in [0.1, 0.15) is 52.9 Å². The Morgan fingerprint density at radius 3 is 2.64 bits per heavy atom. The molecule has 1 heterocycles. The fourth-order valence-corrected chi connectivity index (χ4v) is 3.93. The van der Waals surface area contributed by atoms with Crippen molar-refractivity contribution < 1.29 is 9.53 Å². The molecule has 2 fully saturated rings. The van der Waals surface area contributed by atoms with Crippen LogP contribution in [0.15, 0.2) is 0 Å². The molecule has 2 atom stereocenters. The Hall–Kier alpha value is -0.610. The Labute approximate surface area is 136 Å². The number of hydrogen-bond donors (Lipinski definition) is 1. The molecule has 0 aromatic rings. The minimum absolute atomic E-state index is 0.0820. The molecule has 2 rings (SSSR count). The normalized spacial score (nSPS) is 27.5. The van der Waals surface area contributed by atoms with Crippen molar-refractivity contribution in [3.05, 3.63) is 0 Å². The Morgan fingerprint density at radius 1 is 1.27 bits per heavy atom. The van der Waals surface area contributed by atoms with Gasteiger partial charge in [0.25, 0.3) is 0 Å². The molecule has 1 aliphatic carbocycles. The molecule has 0 radical (unpaired) electrons. The number of nitrogens with zero attached hydrogens (tertiary/aromatic N) is 1. The number of esters is 1. The third kappa shape index (κ3) is 5.54. The Morgan fingerprint density at radius 2 is 2.00 bits per heavy atom. The van der Waals surface area contributed by atoms with Crippen molar-refractivity contribution >= 4 is 5.97 Å². The topological polar surface area (TPSA) is 41.6 Å². The van der Waals surface area contributed by atoms with E-state index in [-0.39, 0.29) is 5.97 Å². The van der Waals surface area contributed by atoms with Crippen LogP contribution in [-0.4, -0.2) is 49.7 Å². The molecule has 0 bridgehead atoms. The van der Waals surface area contributed by atoms with E-state index in [9.17, 15) is 4.79 Å². The summed E-state index contributed by atoms with van der Waals surface area (Å²) < 4.78 is 5.12. The molecule has 2 aliphatic rings. The van der Waals surface area contributed by atoms with Crippen molar-refractivity contribution in [3.8, 4) is 0 Å². The average molecular weight is 310 g/mol. The molecule has 0 spiro atoms. The van der Waals surface area contributed by atoms with Gasteiger partial charge >= 0.3 is 5.97 Å². The summed E-state index contributed by atoms with van der Waals surface area (Å²) in [4.78, 5) is 14.1. The molecule has 128 valence electrons. The molecule has 0 amide bonds. The number of nitrogens with one attached hydrogen (secondary N) is 1. The standard InChI is InChI=1S/C18H34N2O2/c1-4-22-18(21)13-20-11-16(14(2)3)9-17(12-20)19-10-15-7-5-6-8-15/h14-17,19H,4-13H2,1-3H3. The predicted octanol–water partition coefficient (Wildman–Crippen LogP) is 2.68. The SMILES string of the molecule is CCOC(=O)CN1CC(NCC2CCCC2)CC(C(C)C)C1. The molecule has 4 nitrogen and oxygen atoms in total. The van der Waals surface area contributed by atoms with Crippen LogP contribution in [0, 0.1) is 17.8 Å². The lowest BCUT2D eigenvalue weighted by Crippen LogP contribution is -2.52. The molecule has 22 heavy (non-hydrogen) atoms. The monoisotopic (exact) mass is 310 g/mol. The zero-order chi connectivity index (χ0) is 15.9. The van der Waals surface area contributed by atoms with Gasteiger partial charge in [0.15, 0.2) is 0 Å². The summed E-state index contributed by atoms with van der Waals surface area (Å²) in [5.41, 5.74) is 0. The quantitative estimate of drug-likeness (QED) is 0.734. The zero-order valence-corrected chi connectivity index (χ0v) is 14.6. The molecule has 4 heteroatoms. The average Bonchev–Trinajstić information content (AvgIpc) is 2.98. The first kappa shape index (κ1) is 17.7. The van der Waals surface area contributed by atoms with Crippen LogP contribution in [0.25, 0.3) is 0 Å². The Kier molecular flexibility index (Phi) is 7.16. The third-order valence-electron chi connectivity index (χ3n) is 5.33. The van der Waals surface area contributed by atoms with Crippen LogP contribution in [-0.2, 0) is 9.53 Å². The molecule has 2 unspecified atom stereocenters. The van der Waals surface area contributed by atoms with E-state index in [1.807, 2.05) is 6.92 Å². The molecule has 1 saturated heterocycles. The fourth-order valence-electron chi connectivity index (χ4n) is 3.93. The van der Waals surface area contributed by atoms with E-state index in [1.54, 1.807) is 0 Å². The molecular weight excluding hydrogens is 276 g/mol. The number of ether oxygens (including phenoxy) is 1. The van der Waals surface area contributed by atoms with Gasteiger partial charge in [-0.25, -0.2) is 0 Å². The van der Waals surface area contributed by atoms with Crippen LogP contribution in [0.3, 0.4) is 0 Å². The highest BCUT2D eigenvalue weighted by Crippen LogP contribution is 2.26. The van der Waals surface area contributed by atoms with Gasteiger partial charge in [-0.3, -0.25) is 9.69 Å². The summed E-state index contributed by atoms with van der Waals surface area (Å²) in [5, 5.41) is 3.79. The van der Waals surface area contributed by atoms with Crippen molar-refractivity contribution in [1.82, 2.24) is 10.2 Å². The fraction of sp³-hybridized carbons (Fsp3) is 0.944. The number of likely N-dealkylation sites (tertiary alicyclic amines) is 1. The number of rotatable bonds is 7. The lowest BCUT2D eigenvalue weighted by atomic mass is 9.85. The smallest absolute Gasteiger partial charge is 0.320 e. The maximum atomic E-state index is 11.8. The second-order valence-corrected chi connectivity index (χ2v) is 7.49. The van der Waals surface area contributed by atoms with Crippen LogP contribution >= 0.6 is 0 Å². The summed E-state index contributed by atoms with van der Waals surface area (Å²) in [5.74, 6) is 2.13.